The van der Waals surface area contributed by atoms with Gasteiger partial charge in [0.05, 0.1) is 0 Å². The second-order valence-corrected chi connectivity index (χ2v) is 4.12. The van der Waals surface area contributed by atoms with Crippen molar-refractivity contribution < 1.29 is 24.2 Å². The number of rotatable bonds is 7. The summed E-state index contributed by atoms with van der Waals surface area (Å²) in [5.41, 5.74) is 0.849. The number of carbonyl (C=O) groups is 2. The van der Waals surface area contributed by atoms with Crippen molar-refractivity contribution in [3.8, 4) is 0 Å². The highest BCUT2D eigenvalue weighted by atomic mass is 19.1. The normalized spacial score (nSPS) is 11.9. The van der Waals surface area contributed by atoms with Crippen LogP contribution in [-0.2, 0) is 16.0 Å². The molecule has 0 bridgehead atoms. The number of aliphatic carboxylic acids is 1. The molecule has 1 aromatic carbocycles. The molecular weight excluding hydrogens is 253 g/mol. The average molecular weight is 269 g/mol. The first-order valence-electron chi connectivity index (χ1n) is 5.91. The number of carboxylic acid groups (broad SMARTS) is 1. The third kappa shape index (κ3) is 5.96. The summed E-state index contributed by atoms with van der Waals surface area (Å²) in [6.07, 6.45) is -0.780. The highest BCUT2D eigenvalue weighted by Crippen LogP contribution is 2.05. The van der Waals surface area contributed by atoms with Gasteiger partial charge in [-0.1, -0.05) is 12.1 Å². The fourth-order valence-corrected chi connectivity index (χ4v) is 1.47. The Labute approximate surface area is 110 Å². The molecule has 0 saturated carbocycles. The zero-order chi connectivity index (χ0) is 14.3. The SMILES string of the molecule is O=C(CCc1ccc(F)cc1)NCC[C@H](O)C(=O)O. The van der Waals surface area contributed by atoms with Gasteiger partial charge < -0.3 is 15.5 Å². The summed E-state index contributed by atoms with van der Waals surface area (Å²) in [6, 6.07) is 5.88. The van der Waals surface area contributed by atoms with E-state index in [0.29, 0.717) is 6.42 Å². The number of aliphatic hydroxyl groups excluding tert-OH is 1. The maximum absolute atomic E-state index is 12.6. The van der Waals surface area contributed by atoms with Crippen LogP contribution in [-0.4, -0.2) is 34.7 Å². The van der Waals surface area contributed by atoms with Crippen LogP contribution < -0.4 is 5.32 Å². The molecular formula is C13H16FNO4. The molecule has 0 unspecified atom stereocenters. The molecule has 3 N–H and O–H groups in total. The predicted octanol–water partition coefficient (Wildman–Crippen LogP) is 0.710. The molecule has 0 aliphatic rings. The predicted molar refractivity (Wildman–Crippen MR) is 66.0 cm³/mol. The van der Waals surface area contributed by atoms with Gasteiger partial charge in [-0.25, -0.2) is 9.18 Å². The van der Waals surface area contributed by atoms with Crippen molar-refractivity contribution in [2.24, 2.45) is 0 Å². The van der Waals surface area contributed by atoms with Crippen LogP contribution in [0.1, 0.15) is 18.4 Å². The Kier molecular flexibility index (Phi) is 5.95. The second kappa shape index (κ2) is 7.48. The minimum absolute atomic E-state index is 0.0301. The largest absolute Gasteiger partial charge is 0.479 e. The van der Waals surface area contributed by atoms with Crippen LogP contribution in [0.15, 0.2) is 24.3 Å². The lowest BCUT2D eigenvalue weighted by molar-refractivity contribution is -0.147. The maximum atomic E-state index is 12.6. The van der Waals surface area contributed by atoms with Crippen molar-refractivity contribution in [1.82, 2.24) is 5.32 Å². The molecule has 1 aromatic rings. The summed E-state index contributed by atoms with van der Waals surface area (Å²) in [4.78, 5) is 21.7. The van der Waals surface area contributed by atoms with Gasteiger partial charge in [-0.05, 0) is 24.1 Å². The number of aliphatic hydroxyl groups is 1. The van der Waals surface area contributed by atoms with Gasteiger partial charge in [0, 0.05) is 19.4 Å². The third-order valence-electron chi connectivity index (χ3n) is 2.58. The van der Waals surface area contributed by atoms with E-state index >= 15 is 0 Å². The topological polar surface area (TPSA) is 86.6 Å². The lowest BCUT2D eigenvalue weighted by Crippen LogP contribution is -2.30. The van der Waals surface area contributed by atoms with Crippen LogP contribution >= 0.6 is 0 Å². The van der Waals surface area contributed by atoms with Gasteiger partial charge in [-0.3, -0.25) is 4.79 Å². The van der Waals surface area contributed by atoms with Gasteiger partial charge in [-0.2, -0.15) is 0 Å². The smallest absolute Gasteiger partial charge is 0.332 e. The van der Waals surface area contributed by atoms with Crippen molar-refractivity contribution in [2.45, 2.75) is 25.4 Å². The molecule has 0 aliphatic carbocycles. The molecule has 19 heavy (non-hydrogen) atoms. The van der Waals surface area contributed by atoms with Crippen molar-refractivity contribution >= 4 is 11.9 Å². The van der Waals surface area contributed by atoms with Crippen LogP contribution in [0.25, 0.3) is 0 Å². The van der Waals surface area contributed by atoms with Crippen molar-refractivity contribution in [3.63, 3.8) is 0 Å². The van der Waals surface area contributed by atoms with E-state index in [1.54, 1.807) is 12.1 Å². The molecule has 0 saturated heterocycles. The van der Waals surface area contributed by atoms with Crippen molar-refractivity contribution in [1.29, 1.82) is 0 Å². The summed E-state index contributed by atoms with van der Waals surface area (Å²) >= 11 is 0. The molecule has 6 heteroatoms. The second-order valence-electron chi connectivity index (χ2n) is 4.12. The van der Waals surface area contributed by atoms with Crippen LogP contribution in [0, 0.1) is 5.82 Å². The molecule has 5 nitrogen and oxygen atoms in total. The zero-order valence-corrected chi connectivity index (χ0v) is 10.3. The number of hydrogen-bond acceptors (Lipinski definition) is 3. The first-order valence-corrected chi connectivity index (χ1v) is 5.91. The summed E-state index contributed by atoms with van der Waals surface area (Å²) in [7, 11) is 0. The summed E-state index contributed by atoms with van der Waals surface area (Å²) in [6.45, 7) is 0.107. The van der Waals surface area contributed by atoms with E-state index in [0.717, 1.165) is 5.56 Å². The molecule has 0 radical (unpaired) electrons. The van der Waals surface area contributed by atoms with Crippen LogP contribution in [0.2, 0.25) is 0 Å². The van der Waals surface area contributed by atoms with Gasteiger partial charge in [0.25, 0.3) is 0 Å². The number of amides is 1. The van der Waals surface area contributed by atoms with E-state index in [4.69, 9.17) is 10.2 Å². The average Bonchev–Trinajstić information content (AvgIpc) is 2.37. The van der Waals surface area contributed by atoms with Gasteiger partial charge in [0.15, 0.2) is 6.10 Å². The molecule has 1 atom stereocenters. The molecule has 1 rings (SSSR count). The van der Waals surface area contributed by atoms with Crippen LogP contribution in [0.3, 0.4) is 0 Å². The van der Waals surface area contributed by atoms with E-state index in [2.05, 4.69) is 5.32 Å². The minimum Gasteiger partial charge on any atom is -0.479 e. The Bertz CT molecular complexity index is 433. The Hall–Kier alpha value is -1.95. The molecule has 104 valence electrons. The number of benzene rings is 1. The molecule has 0 heterocycles. The molecule has 0 aromatic heterocycles. The first-order chi connectivity index (χ1) is 8.99. The fraction of sp³-hybridized carbons (Fsp3) is 0.385. The fourth-order valence-electron chi connectivity index (χ4n) is 1.47. The molecule has 1 amide bonds. The number of nitrogens with one attached hydrogen (secondary N) is 1. The maximum Gasteiger partial charge on any atom is 0.332 e. The van der Waals surface area contributed by atoms with Gasteiger partial charge in [-0.15, -0.1) is 0 Å². The molecule has 0 fully saturated rings. The number of halogens is 1. The molecule has 0 spiro atoms. The van der Waals surface area contributed by atoms with Crippen molar-refractivity contribution in [3.05, 3.63) is 35.6 Å². The molecule has 0 aliphatic heterocycles. The Balaban J connectivity index is 2.21. The third-order valence-corrected chi connectivity index (χ3v) is 2.58. The number of carbonyl (C=O) groups excluding carboxylic acids is 1. The summed E-state index contributed by atoms with van der Waals surface area (Å²) < 4.78 is 12.6. The number of carboxylic acids is 1. The van der Waals surface area contributed by atoms with E-state index in [1.807, 2.05) is 0 Å². The highest BCUT2D eigenvalue weighted by molar-refractivity contribution is 5.76. The van der Waals surface area contributed by atoms with E-state index < -0.39 is 12.1 Å². The number of aryl methyl sites for hydroxylation is 1. The minimum atomic E-state index is -1.46. The highest BCUT2D eigenvalue weighted by Gasteiger charge is 2.12. The first kappa shape index (κ1) is 15.1. The lowest BCUT2D eigenvalue weighted by atomic mass is 10.1. The van der Waals surface area contributed by atoms with E-state index in [-0.39, 0.29) is 31.1 Å². The van der Waals surface area contributed by atoms with Gasteiger partial charge in [0.1, 0.15) is 5.82 Å². The summed E-state index contributed by atoms with van der Waals surface area (Å²) in [5.74, 6) is -1.86. The Morgan fingerprint density at radius 2 is 1.89 bits per heavy atom. The summed E-state index contributed by atoms with van der Waals surface area (Å²) in [5, 5.41) is 19.9. The van der Waals surface area contributed by atoms with Gasteiger partial charge in [0.2, 0.25) is 5.91 Å². The van der Waals surface area contributed by atoms with Crippen molar-refractivity contribution in [2.75, 3.05) is 6.54 Å². The van der Waals surface area contributed by atoms with E-state index in [9.17, 15) is 14.0 Å². The lowest BCUT2D eigenvalue weighted by Gasteiger charge is -2.07. The Morgan fingerprint density at radius 1 is 1.26 bits per heavy atom. The van der Waals surface area contributed by atoms with Crippen LogP contribution in [0.5, 0.6) is 0 Å². The van der Waals surface area contributed by atoms with Crippen LogP contribution in [0.4, 0.5) is 4.39 Å². The Morgan fingerprint density at radius 3 is 2.47 bits per heavy atom. The monoisotopic (exact) mass is 269 g/mol. The standard InChI is InChI=1S/C13H16FNO4/c14-10-4-1-9(2-5-10)3-6-12(17)15-8-7-11(16)13(18)19/h1-2,4-5,11,16H,3,6-8H2,(H,15,17)(H,18,19)/t11-/m0/s1. The quantitative estimate of drug-likeness (QED) is 0.680. The van der Waals surface area contributed by atoms with Gasteiger partial charge >= 0.3 is 5.97 Å². The zero-order valence-electron chi connectivity index (χ0n) is 10.3. The van der Waals surface area contributed by atoms with E-state index in [1.165, 1.54) is 12.1 Å². The number of hydrogen-bond donors (Lipinski definition) is 3.